The standard InChI is InChI=1S/C14H14F5NO2/c1-22-9-5-10(15)13(11(16)6-9)8-4-12(21)20(7-8)3-2-14(17,18)19/h5-6,8H,2-4,7H2,1H3/t8-/m0/s1. The van der Waals surface area contributed by atoms with Crippen LogP contribution in [0, 0.1) is 11.6 Å². The van der Waals surface area contributed by atoms with Crippen LogP contribution < -0.4 is 4.74 Å². The van der Waals surface area contributed by atoms with Crippen molar-refractivity contribution < 1.29 is 31.5 Å². The Morgan fingerprint density at radius 3 is 2.36 bits per heavy atom. The van der Waals surface area contributed by atoms with E-state index in [-0.39, 0.29) is 24.3 Å². The van der Waals surface area contributed by atoms with Gasteiger partial charge in [0.1, 0.15) is 17.4 Å². The van der Waals surface area contributed by atoms with Crippen LogP contribution in [0.25, 0.3) is 0 Å². The van der Waals surface area contributed by atoms with Gasteiger partial charge in [-0.1, -0.05) is 0 Å². The first-order valence-corrected chi connectivity index (χ1v) is 6.58. The molecule has 0 unspecified atom stereocenters. The average Bonchev–Trinajstić information content (AvgIpc) is 2.75. The van der Waals surface area contributed by atoms with E-state index in [2.05, 4.69) is 0 Å². The van der Waals surface area contributed by atoms with Gasteiger partial charge >= 0.3 is 6.18 Å². The molecule has 1 aliphatic rings. The highest BCUT2D eigenvalue weighted by atomic mass is 19.4. The summed E-state index contributed by atoms with van der Waals surface area (Å²) in [7, 11) is 1.26. The summed E-state index contributed by atoms with van der Waals surface area (Å²) in [6.45, 7) is -0.632. The summed E-state index contributed by atoms with van der Waals surface area (Å²) < 4.78 is 69.2. The monoisotopic (exact) mass is 323 g/mol. The molecule has 22 heavy (non-hydrogen) atoms. The second-order valence-corrected chi connectivity index (χ2v) is 5.11. The van der Waals surface area contributed by atoms with Gasteiger partial charge in [0.2, 0.25) is 5.91 Å². The van der Waals surface area contributed by atoms with E-state index >= 15 is 0 Å². The van der Waals surface area contributed by atoms with Crippen LogP contribution in [0.15, 0.2) is 12.1 Å². The maximum atomic E-state index is 13.9. The Morgan fingerprint density at radius 1 is 1.27 bits per heavy atom. The van der Waals surface area contributed by atoms with Gasteiger partial charge in [-0.3, -0.25) is 4.79 Å². The number of hydrogen-bond acceptors (Lipinski definition) is 2. The third-order valence-corrected chi connectivity index (χ3v) is 3.58. The van der Waals surface area contributed by atoms with Crippen LogP contribution in [0.4, 0.5) is 22.0 Å². The van der Waals surface area contributed by atoms with Crippen LogP contribution in [0.5, 0.6) is 5.75 Å². The molecule has 0 bridgehead atoms. The van der Waals surface area contributed by atoms with E-state index in [9.17, 15) is 26.7 Å². The predicted molar refractivity (Wildman–Crippen MR) is 67.5 cm³/mol. The predicted octanol–water partition coefficient (Wildman–Crippen LogP) is 3.24. The molecule has 1 saturated heterocycles. The van der Waals surface area contributed by atoms with Gasteiger partial charge in [-0.15, -0.1) is 0 Å². The Bertz CT molecular complexity index is 550. The normalized spacial score (nSPS) is 18.9. The van der Waals surface area contributed by atoms with Crippen LogP contribution in [0.3, 0.4) is 0 Å². The SMILES string of the molecule is COc1cc(F)c([C@H]2CC(=O)N(CCC(F)(F)F)C2)c(F)c1. The number of methoxy groups -OCH3 is 1. The number of carbonyl (C=O) groups excluding carboxylic acids is 1. The Balaban J connectivity index is 2.14. The molecule has 3 nitrogen and oxygen atoms in total. The van der Waals surface area contributed by atoms with Crippen LogP contribution in [-0.4, -0.2) is 37.2 Å². The Morgan fingerprint density at radius 2 is 1.86 bits per heavy atom. The molecule has 0 aliphatic carbocycles. The number of ether oxygens (including phenoxy) is 1. The molecule has 0 N–H and O–H groups in total. The molecule has 0 radical (unpaired) electrons. The van der Waals surface area contributed by atoms with Crippen molar-refractivity contribution in [2.75, 3.05) is 20.2 Å². The first-order chi connectivity index (χ1) is 10.2. The lowest BCUT2D eigenvalue weighted by Gasteiger charge is -2.18. The number of rotatable bonds is 4. The zero-order valence-electron chi connectivity index (χ0n) is 11.7. The summed E-state index contributed by atoms with van der Waals surface area (Å²) >= 11 is 0. The highest BCUT2D eigenvalue weighted by Gasteiger charge is 2.36. The highest BCUT2D eigenvalue weighted by molar-refractivity contribution is 5.79. The van der Waals surface area contributed by atoms with Crippen molar-refractivity contribution in [1.29, 1.82) is 0 Å². The molecule has 0 spiro atoms. The van der Waals surface area contributed by atoms with Crippen LogP contribution in [-0.2, 0) is 4.79 Å². The zero-order chi connectivity index (χ0) is 16.5. The molecule has 1 amide bonds. The van der Waals surface area contributed by atoms with Crippen molar-refractivity contribution in [3.63, 3.8) is 0 Å². The lowest BCUT2D eigenvalue weighted by molar-refractivity contribution is -0.143. The quantitative estimate of drug-likeness (QED) is 0.796. The van der Waals surface area contributed by atoms with Gasteiger partial charge in [0.25, 0.3) is 0 Å². The minimum absolute atomic E-state index is 0.00278. The number of halogens is 5. The highest BCUT2D eigenvalue weighted by Crippen LogP contribution is 2.34. The van der Waals surface area contributed by atoms with Crippen molar-refractivity contribution >= 4 is 5.91 Å². The first kappa shape index (κ1) is 16.5. The molecule has 2 rings (SSSR count). The Labute approximate surface area is 123 Å². The molecule has 0 saturated carbocycles. The second-order valence-electron chi connectivity index (χ2n) is 5.11. The topological polar surface area (TPSA) is 29.5 Å². The van der Waals surface area contributed by atoms with E-state index in [1.807, 2.05) is 0 Å². The van der Waals surface area contributed by atoms with Crippen LogP contribution in [0.2, 0.25) is 0 Å². The molecule has 1 aliphatic heterocycles. The molecule has 122 valence electrons. The van der Waals surface area contributed by atoms with Crippen LogP contribution in [0.1, 0.15) is 24.3 Å². The summed E-state index contributed by atoms with van der Waals surface area (Å²) in [5.74, 6) is -3.08. The molecule has 1 fully saturated rings. The summed E-state index contributed by atoms with van der Waals surface area (Å²) in [4.78, 5) is 12.7. The molecule has 1 aromatic carbocycles. The maximum Gasteiger partial charge on any atom is 0.390 e. The molecule has 1 heterocycles. The molecule has 1 atom stereocenters. The third-order valence-electron chi connectivity index (χ3n) is 3.58. The molecule has 1 aromatic rings. The molecular formula is C14H14F5NO2. The summed E-state index contributed by atoms with van der Waals surface area (Å²) in [6.07, 6.45) is -5.73. The van der Waals surface area contributed by atoms with Crippen molar-refractivity contribution in [3.05, 3.63) is 29.3 Å². The van der Waals surface area contributed by atoms with E-state index in [0.29, 0.717) is 0 Å². The molecule has 8 heteroatoms. The number of likely N-dealkylation sites (tertiary alicyclic amines) is 1. The fourth-order valence-corrected chi connectivity index (χ4v) is 2.51. The lowest BCUT2D eigenvalue weighted by Crippen LogP contribution is -2.29. The minimum atomic E-state index is -4.38. The largest absolute Gasteiger partial charge is 0.497 e. The Hall–Kier alpha value is -1.86. The number of hydrogen-bond donors (Lipinski definition) is 0. The van der Waals surface area contributed by atoms with Gasteiger partial charge in [-0.05, 0) is 0 Å². The minimum Gasteiger partial charge on any atom is -0.497 e. The number of amides is 1. The Kier molecular flexibility index (Phi) is 4.58. The van der Waals surface area contributed by atoms with Crippen molar-refractivity contribution in [1.82, 2.24) is 4.90 Å². The van der Waals surface area contributed by atoms with E-state index in [4.69, 9.17) is 4.74 Å². The van der Waals surface area contributed by atoms with E-state index in [0.717, 1.165) is 17.0 Å². The number of alkyl halides is 3. The fourth-order valence-electron chi connectivity index (χ4n) is 2.51. The maximum absolute atomic E-state index is 13.9. The second kappa shape index (κ2) is 6.10. The van der Waals surface area contributed by atoms with Crippen molar-refractivity contribution in [2.24, 2.45) is 0 Å². The van der Waals surface area contributed by atoms with E-state index in [1.54, 1.807) is 0 Å². The average molecular weight is 323 g/mol. The summed E-state index contributed by atoms with van der Waals surface area (Å²) in [6, 6.07) is 1.97. The van der Waals surface area contributed by atoms with Crippen molar-refractivity contribution in [3.8, 4) is 5.75 Å². The van der Waals surface area contributed by atoms with Crippen molar-refractivity contribution in [2.45, 2.75) is 24.9 Å². The first-order valence-electron chi connectivity index (χ1n) is 6.58. The van der Waals surface area contributed by atoms with Gasteiger partial charge in [0.05, 0.1) is 13.5 Å². The van der Waals surface area contributed by atoms with Gasteiger partial charge in [0.15, 0.2) is 0 Å². The number of nitrogens with zero attached hydrogens (tertiary/aromatic N) is 1. The number of carbonyl (C=O) groups is 1. The van der Waals surface area contributed by atoms with E-state index < -0.39 is 42.6 Å². The van der Waals surface area contributed by atoms with Gasteiger partial charge in [-0.25, -0.2) is 8.78 Å². The summed E-state index contributed by atoms with van der Waals surface area (Å²) in [5.41, 5.74) is -0.288. The smallest absolute Gasteiger partial charge is 0.390 e. The van der Waals surface area contributed by atoms with Gasteiger partial charge < -0.3 is 9.64 Å². The number of benzene rings is 1. The van der Waals surface area contributed by atoms with Gasteiger partial charge in [-0.2, -0.15) is 13.2 Å². The third kappa shape index (κ3) is 3.66. The van der Waals surface area contributed by atoms with Gasteiger partial charge in [0, 0.05) is 43.1 Å². The zero-order valence-corrected chi connectivity index (χ0v) is 11.7. The summed E-state index contributed by atoms with van der Waals surface area (Å²) in [5, 5.41) is 0. The lowest BCUT2D eigenvalue weighted by atomic mass is 9.97. The molecular weight excluding hydrogens is 309 g/mol. The van der Waals surface area contributed by atoms with Crippen LogP contribution >= 0.6 is 0 Å². The molecule has 0 aromatic heterocycles. The fraction of sp³-hybridized carbons (Fsp3) is 0.500. The van der Waals surface area contributed by atoms with E-state index in [1.165, 1.54) is 7.11 Å².